The van der Waals surface area contributed by atoms with Crippen molar-refractivity contribution in [3.05, 3.63) is 57.5 Å². The van der Waals surface area contributed by atoms with Gasteiger partial charge >= 0.3 is 0 Å². The smallest absolute Gasteiger partial charge is 0.248 e. The second-order valence-corrected chi connectivity index (χ2v) is 6.08. The highest BCUT2D eigenvalue weighted by Gasteiger charge is 2.10. The summed E-state index contributed by atoms with van der Waals surface area (Å²) < 4.78 is 0. The number of amides is 1. The van der Waals surface area contributed by atoms with Crippen LogP contribution in [0.4, 0.5) is 5.69 Å². The standard InChI is InChI=1S/C15H10Cl3N5O/c16-10-3-1-2-9(6-10)15-20-22-23(21-15)8-14(24)19-11-4-5-12(17)13(18)7-11/h1-7H,8H2,(H,19,24). The number of tetrazole rings is 1. The number of benzene rings is 2. The van der Waals surface area contributed by atoms with Gasteiger partial charge in [0.2, 0.25) is 11.7 Å². The Morgan fingerprint density at radius 2 is 1.92 bits per heavy atom. The van der Waals surface area contributed by atoms with Gasteiger partial charge < -0.3 is 5.32 Å². The molecule has 0 aliphatic rings. The zero-order valence-corrected chi connectivity index (χ0v) is 14.3. The van der Waals surface area contributed by atoms with Gasteiger partial charge in [0.1, 0.15) is 6.54 Å². The second kappa shape index (κ2) is 7.17. The molecular formula is C15H10Cl3N5O. The second-order valence-electron chi connectivity index (χ2n) is 4.83. The predicted octanol–water partition coefficient (Wildman–Crippen LogP) is 3.94. The Morgan fingerprint density at radius 3 is 2.67 bits per heavy atom. The van der Waals surface area contributed by atoms with Crippen LogP contribution in [0.5, 0.6) is 0 Å². The Kier molecular flexibility index (Phi) is 4.99. The summed E-state index contributed by atoms with van der Waals surface area (Å²) in [5.74, 6) is 0.0725. The van der Waals surface area contributed by atoms with Gasteiger partial charge in [-0.3, -0.25) is 4.79 Å². The van der Waals surface area contributed by atoms with Crippen molar-refractivity contribution in [1.82, 2.24) is 20.2 Å². The van der Waals surface area contributed by atoms with Crippen molar-refractivity contribution in [3.63, 3.8) is 0 Å². The van der Waals surface area contributed by atoms with E-state index >= 15 is 0 Å². The van der Waals surface area contributed by atoms with Crippen LogP contribution in [0.3, 0.4) is 0 Å². The molecular weight excluding hydrogens is 373 g/mol. The highest BCUT2D eigenvalue weighted by molar-refractivity contribution is 6.42. The third-order valence-electron chi connectivity index (χ3n) is 3.02. The number of hydrogen-bond donors (Lipinski definition) is 1. The molecule has 6 nitrogen and oxygen atoms in total. The van der Waals surface area contributed by atoms with E-state index in [1.807, 2.05) is 6.07 Å². The number of nitrogens with one attached hydrogen (secondary N) is 1. The minimum atomic E-state index is -0.316. The highest BCUT2D eigenvalue weighted by Crippen LogP contribution is 2.25. The molecule has 3 rings (SSSR count). The van der Waals surface area contributed by atoms with Gasteiger partial charge in [-0.2, -0.15) is 4.80 Å². The Balaban J connectivity index is 1.68. The summed E-state index contributed by atoms with van der Waals surface area (Å²) >= 11 is 17.7. The predicted molar refractivity (Wildman–Crippen MR) is 93.4 cm³/mol. The average Bonchev–Trinajstić information content (AvgIpc) is 2.99. The number of carbonyl (C=O) groups excluding carboxylic acids is 1. The normalized spacial score (nSPS) is 10.6. The summed E-state index contributed by atoms with van der Waals surface area (Å²) in [7, 11) is 0. The number of carbonyl (C=O) groups is 1. The fourth-order valence-corrected chi connectivity index (χ4v) is 2.44. The van der Waals surface area contributed by atoms with E-state index < -0.39 is 0 Å². The fourth-order valence-electron chi connectivity index (χ4n) is 1.96. The van der Waals surface area contributed by atoms with Crippen LogP contribution in [-0.2, 0) is 11.3 Å². The maximum absolute atomic E-state index is 12.0. The first-order chi connectivity index (χ1) is 11.5. The minimum absolute atomic E-state index is 0.0895. The molecule has 122 valence electrons. The van der Waals surface area contributed by atoms with Gasteiger partial charge in [0.25, 0.3) is 0 Å². The number of hydrogen-bond acceptors (Lipinski definition) is 4. The molecule has 0 saturated heterocycles. The molecule has 0 unspecified atom stereocenters. The first-order valence-corrected chi connectivity index (χ1v) is 7.93. The molecule has 0 spiro atoms. The van der Waals surface area contributed by atoms with Gasteiger partial charge in [0, 0.05) is 16.3 Å². The van der Waals surface area contributed by atoms with Gasteiger partial charge in [-0.25, -0.2) is 0 Å². The third-order valence-corrected chi connectivity index (χ3v) is 4.00. The number of rotatable bonds is 4. The lowest BCUT2D eigenvalue weighted by Crippen LogP contribution is -2.20. The van der Waals surface area contributed by atoms with Crippen LogP contribution >= 0.6 is 34.8 Å². The van der Waals surface area contributed by atoms with Crippen LogP contribution in [0.1, 0.15) is 0 Å². The number of halogens is 3. The SMILES string of the molecule is O=C(Cn1nnc(-c2cccc(Cl)c2)n1)Nc1ccc(Cl)c(Cl)c1. The van der Waals surface area contributed by atoms with Crippen LogP contribution in [0.2, 0.25) is 15.1 Å². The maximum atomic E-state index is 12.0. The van der Waals surface area contributed by atoms with Gasteiger partial charge in [-0.05, 0) is 35.5 Å². The van der Waals surface area contributed by atoms with E-state index in [-0.39, 0.29) is 12.5 Å². The van der Waals surface area contributed by atoms with Gasteiger partial charge in [0.05, 0.1) is 10.0 Å². The zero-order chi connectivity index (χ0) is 17.1. The Morgan fingerprint density at radius 1 is 1.08 bits per heavy atom. The fraction of sp³-hybridized carbons (Fsp3) is 0.0667. The van der Waals surface area contributed by atoms with E-state index in [0.29, 0.717) is 26.6 Å². The van der Waals surface area contributed by atoms with Crippen molar-refractivity contribution in [2.24, 2.45) is 0 Å². The Labute approximate surface area is 152 Å². The summed E-state index contributed by atoms with van der Waals surface area (Å²) in [4.78, 5) is 13.2. The molecule has 0 bridgehead atoms. The highest BCUT2D eigenvalue weighted by atomic mass is 35.5. The molecule has 9 heteroatoms. The lowest BCUT2D eigenvalue weighted by atomic mass is 10.2. The van der Waals surface area contributed by atoms with Crippen molar-refractivity contribution in [2.45, 2.75) is 6.54 Å². The lowest BCUT2D eigenvalue weighted by Gasteiger charge is -2.05. The van der Waals surface area contributed by atoms with E-state index in [2.05, 4.69) is 20.7 Å². The number of anilines is 1. The summed E-state index contributed by atoms with van der Waals surface area (Å²) in [6, 6.07) is 11.9. The van der Waals surface area contributed by atoms with Crippen molar-refractivity contribution < 1.29 is 4.79 Å². The molecule has 1 amide bonds. The topological polar surface area (TPSA) is 72.7 Å². The quantitative estimate of drug-likeness (QED) is 0.742. The molecule has 0 saturated carbocycles. The number of aromatic nitrogens is 4. The summed E-state index contributed by atoms with van der Waals surface area (Å²) in [5, 5.41) is 16.0. The molecule has 3 aromatic rings. The van der Waals surface area contributed by atoms with Crippen LogP contribution in [0.15, 0.2) is 42.5 Å². The van der Waals surface area contributed by atoms with Crippen molar-refractivity contribution in [2.75, 3.05) is 5.32 Å². The first-order valence-electron chi connectivity index (χ1n) is 6.80. The minimum Gasteiger partial charge on any atom is -0.324 e. The number of nitrogens with zero attached hydrogens (tertiary/aromatic N) is 4. The van der Waals surface area contributed by atoms with Crippen molar-refractivity contribution in [1.29, 1.82) is 0 Å². The molecule has 2 aromatic carbocycles. The molecule has 0 aliphatic heterocycles. The molecule has 1 N–H and O–H groups in total. The van der Waals surface area contributed by atoms with Crippen LogP contribution in [0.25, 0.3) is 11.4 Å². The Bertz CT molecular complexity index is 896. The Hall–Kier alpha value is -2.15. The monoisotopic (exact) mass is 381 g/mol. The van der Waals surface area contributed by atoms with E-state index in [4.69, 9.17) is 34.8 Å². The molecule has 24 heavy (non-hydrogen) atoms. The maximum Gasteiger partial charge on any atom is 0.248 e. The zero-order valence-electron chi connectivity index (χ0n) is 12.1. The van der Waals surface area contributed by atoms with Gasteiger partial charge in [-0.1, -0.05) is 46.9 Å². The van der Waals surface area contributed by atoms with E-state index in [1.165, 1.54) is 4.80 Å². The average molecular weight is 383 g/mol. The molecule has 1 aromatic heterocycles. The van der Waals surface area contributed by atoms with Crippen LogP contribution < -0.4 is 5.32 Å². The van der Waals surface area contributed by atoms with Gasteiger partial charge in [-0.15, -0.1) is 10.2 Å². The third kappa shape index (κ3) is 4.03. The summed E-state index contributed by atoms with van der Waals surface area (Å²) in [6.07, 6.45) is 0. The lowest BCUT2D eigenvalue weighted by molar-refractivity contribution is -0.117. The molecule has 0 radical (unpaired) electrons. The van der Waals surface area contributed by atoms with Gasteiger partial charge in [0.15, 0.2) is 0 Å². The molecule has 0 atom stereocenters. The van der Waals surface area contributed by atoms with E-state index in [1.54, 1.807) is 36.4 Å². The van der Waals surface area contributed by atoms with E-state index in [0.717, 1.165) is 5.56 Å². The van der Waals surface area contributed by atoms with Crippen LogP contribution in [-0.4, -0.2) is 26.1 Å². The molecule has 1 heterocycles. The first kappa shape index (κ1) is 16.7. The van der Waals surface area contributed by atoms with Crippen molar-refractivity contribution >= 4 is 46.4 Å². The molecule has 0 fully saturated rings. The summed E-state index contributed by atoms with van der Waals surface area (Å²) in [5.41, 5.74) is 1.25. The van der Waals surface area contributed by atoms with Crippen LogP contribution in [0, 0.1) is 0 Å². The summed E-state index contributed by atoms with van der Waals surface area (Å²) in [6.45, 7) is -0.0895. The van der Waals surface area contributed by atoms with Crippen molar-refractivity contribution in [3.8, 4) is 11.4 Å². The molecule has 0 aliphatic carbocycles. The van der Waals surface area contributed by atoms with E-state index in [9.17, 15) is 4.79 Å². The largest absolute Gasteiger partial charge is 0.324 e.